The summed E-state index contributed by atoms with van der Waals surface area (Å²) in [5.74, 6) is -0.585. The zero-order valence-electron chi connectivity index (χ0n) is 12.4. The molecule has 5 nitrogen and oxygen atoms in total. The van der Waals surface area contributed by atoms with E-state index in [1.54, 1.807) is 6.92 Å². The van der Waals surface area contributed by atoms with Crippen molar-refractivity contribution in [3.8, 4) is 5.75 Å². The number of piperidine rings is 1. The number of likely N-dealkylation sites (tertiary alicyclic amines) is 1. The Hall–Kier alpha value is -2.04. The second-order valence-electron chi connectivity index (χ2n) is 5.45. The van der Waals surface area contributed by atoms with E-state index in [9.17, 15) is 14.7 Å². The maximum atomic E-state index is 12.4. The van der Waals surface area contributed by atoms with Gasteiger partial charge in [-0.3, -0.25) is 4.79 Å². The van der Waals surface area contributed by atoms with Crippen LogP contribution >= 0.6 is 0 Å². The summed E-state index contributed by atoms with van der Waals surface area (Å²) in [5.41, 5.74) is 1.11. The minimum Gasteiger partial charge on any atom is -0.481 e. The maximum absolute atomic E-state index is 12.4. The number of ether oxygens (including phenoxy) is 1. The predicted molar refractivity (Wildman–Crippen MR) is 78.3 cm³/mol. The molecule has 1 aromatic carbocycles. The van der Waals surface area contributed by atoms with Gasteiger partial charge < -0.3 is 14.7 Å². The molecule has 1 fully saturated rings. The van der Waals surface area contributed by atoms with Crippen molar-refractivity contribution in [2.45, 2.75) is 45.3 Å². The Morgan fingerprint density at radius 3 is 2.57 bits per heavy atom. The highest BCUT2D eigenvalue weighted by Crippen LogP contribution is 2.20. The molecule has 2 atom stereocenters. The summed E-state index contributed by atoms with van der Waals surface area (Å²) in [5, 5.41) is 9.22. The van der Waals surface area contributed by atoms with Gasteiger partial charge in [0.05, 0.1) is 0 Å². The molecular weight excluding hydrogens is 270 g/mol. The number of carboxylic acid groups (broad SMARTS) is 1. The summed E-state index contributed by atoms with van der Waals surface area (Å²) in [6, 6.07) is 6.71. The lowest BCUT2D eigenvalue weighted by Crippen LogP contribution is -2.52. The van der Waals surface area contributed by atoms with Gasteiger partial charge in [0.2, 0.25) is 0 Å². The minimum atomic E-state index is -0.939. The Morgan fingerprint density at radius 2 is 1.95 bits per heavy atom. The molecule has 0 spiro atoms. The Kier molecular flexibility index (Phi) is 4.83. The van der Waals surface area contributed by atoms with Crippen LogP contribution in [0, 0.1) is 6.92 Å². The lowest BCUT2D eigenvalue weighted by molar-refractivity contribution is -0.155. The average molecular weight is 291 g/mol. The number of benzene rings is 1. The van der Waals surface area contributed by atoms with E-state index in [1.807, 2.05) is 31.2 Å². The molecule has 1 unspecified atom stereocenters. The minimum absolute atomic E-state index is 0.261. The summed E-state index contributed by atoms with van der Waals surface area (Å²) in [6.07, 6.45) is 1.51. The van der Waals surface area contributed by atoms with E-state index in [-0.39, 0.29) is 5.91 Å². The number of aliphatic carboxylic acids is 1. The molecule has 0 radical (unpaired) electrons. The number of hydrogen-bond acceptors (Lipinski definition) is 3. The number of carboxylic acids is 1. The molecule has 21 heavy (non-hydrogen) atoms. The van der Waals surface area contributed by atoms with Crippen molar-refractivity contribution in [2.75, 3.05) is 6.54 Å². The molecular formula is C16H21NO4. The van der Waals surface area contributed by atoms with E-state index in [0.717, 1.165) is 18.4 Å². The van der Waals surface area contributed by atoms with Crippen LogP contribution < -0.4 is 4.74 Å². The van der Waals surface area contributed by atoms with Crippen LogP contribution in [0.25, 0.3) is 0 Å². The summed E-state index contributed by atoms with van der Waals surface area (Å²) >= 11 is 0. The second kappa shape index (κ2) is 6.61. The van der Waals surface area contributed by atoms with Crippen LogP contribution in [-0.4, -0.2) is 40.6 Å². The number of hydrogen-bond donors (Lipinski definition) is 1. The Balaban J connectivity index is 2.03. The Bertz CT molecular complexity index is 512. The fourth-order valence-corrected chi connectivity index (χ4v) is 2.56. The predicted octanol–water partition coefficient (Wildman–Crippen LogP) is 2.23. The summed E-state index contributed by atoms with van der Waals surface area (Å²) in [6.45, 7) is 4.12. The van der Waals surface area contributed by atoms with Crippen molar-refractivity contribution >= 4 is 11.9 Å². The molecule has 0 bridgehead atoms. The number of carbonyl (C=O) groups excluding carboxylic acids is 1. The molecule has 0 saturated carbocycles. The number of nitrogens with zero attached hydrogens (tertiary/aromatic N) is 1. The van der Waals surface area contributed by atoms with Crippen LogP contribution in [0.4, 0.5) is 0 Å². The lowest BCUT2D eigenvalue weighted by atomic mass is 10.0. The Labute approximate surface area is 124 Å². The van der Waals surface area contributed by atoms with Crippen molar-refractivity contribution in [1.29, 1.82) is 0 Å². The van der Waals surface area contributed by atoms with Crippen molar-refractivity contribution < 1.29 is 19.4 Å². The smallest absolute Gasteiger partial charge is 0.326 e. The van der Waals surface area contributed by atoms with Gasteiger partial charge in [-0.05, 0) is 45.2 Å². The normalized spacial score (nSPS) is 19.9. The van der Waals surface area contributed by atoms with Crippen LogP contribution in [0.1, 0.15) is 31.7 Å². The highest BCUT2D eigenvalue weighted by molar-refractivity contribution is 5.86. The maximum Gasteiger partial charge on any atom is 0.326 e. The highest BCUT2D eigenvalue weighted by atomic mass is 16.5. The molecule has 1 saturated heterocycles. The number of amides is 1. The van der Waals surface area contributed by atoms with Gasteiger partial charge in [0.15, 0.2) is 6.10 Å². The first kappa shape index (κ1) is 15.4. The van der Waals surface area contributed by atoms with Crippen LogP contribution in [0.5, 0.6) is 5.75 Å². The first-order valence-corrected chi connectivity index (χ1v) is 7.25. The zero-order valence-corrected chi connectivity index (χ0v) is 12.4. The highest BCUT2D eigenvalue weighted by Gasteiger charge is 2.34. The quantitative estimate of drug-likeness (QED) is 0.923. The second-order valence-corrected chi connectivity index (χ2v) is 5.45. The summed E-state index contributed by atoms with van der Waals surface area (Å²) in [4.78, 5) is 25.1. The Morgan fingerprint density at radius 1 is 1.29 bits per heavy atom. The van der Waals surface area contributed by atoms with E-state index < -0.39 is 18.1 Å². The van der Waals surface area contributed by atoms with Crippen molar-refractivity contribution in [1.82, 2.24) is 4.90 Å². The third kappa shape index (κ3) is 3.74. The van der Waals surface area contributed by atoms with Gasteiger partial charge in [0.25, 0.3) is 5.91 Å². The molecule has 1 aliphatic heterocycles. The van der Waals surface area contributed by atoms with E-state index >= 15 is 0 Å². The first-order chi connectivity index (χ1) is 9.99. The molecule has 1 aromatic rings. The lowest BCUT2D eigenvalue weighted by Gasteiger charge is -2.34. The van der Waals surface area contributed by atoms with Gasteiger partial charge >= 0.3 is 5.97 Å². The fraction of sp³-hybridized carbons (Fsp3) is 0.500. The largest absolute Gasteiger partial charge is 0.481 e. The molecule has 1 amide bonds. The number of rotatable bonds is 4. The molecule has 5 heteroatoms. The standard InChI is InChI=1S/C16H21NO4/c1-11-6-8-13(9-7-11)21-12(2)15(18)17-10-4-3-5-14(17)16(19)20/h6-9,12,14H,3-5,10H2,1-2H3,(H,19,20)/t12?,14-/m0/s1. The monoisotopic (exact) mass is 291 g/mol. The molecule has 1 N–H and O–H groups in total. The molecule has 0 aromatic heterocycles. The first-order valence-electron chi connectivity index (χ1n) is 7.25. The number of aryl methyl sites for hydroxylation is 1. The van der Waals surface area contributed by atoms with E-state index in [2.05, 4.69) is 0 Å². The van der Waals surface area contributed by atoms with E-state index in [0.29, 0.717) is 18.7 Å². The van der Waals surface area contributed by atoms with Crippen LogP contribution in [0.2, 0.25) is 0 Å². The van der Waals surface area contributed by atoms with Gasteiger partial charge in [-0.25, -0.2) is 4.79 Å². The third-order valence-electron chi connectivity index (χ3n) is 3.75. The van der Waals surface area contributed by atoms with Crippen molar-refractivity contribution in [3.63, 3.8) is 0 Å². The average Bonchev–Trinajstić information content (AvgIpc) is 2.48. The summed E-state index contributed by atoms with van der Waals surface area (Å²) in [7, 11) is 0. The van der Waals surface area contributed by atoms with Crippen LogP contribution in [0.15, 0.2) is 24.3 Å². The van der Waals surface area contributed by atoms with Crippen molar-refractivity contribution in [3.05, 3.63) is 29.8 Å². The topological polar surface area (TPSA) is 66.8 Å². The van der Waals surface area contributed by atoms with Crippen LogP contribution in [-0.2, 0) is 9.59 Å². The third-order valence-corrected chi connectivity index (χ3v) is 3.75. The van der Waals surface area contributed by atoms with Gasteiger partial charge in [-0.1, -0.05) is 17.7 Å². The number of carbonyl (C=O) groups is 2. The van der Waals surface area contributed by atoms with Gasteiger partial charge in [0.1, 0.15) is 11.8 Å². The molecule has 2 rings (SSSR count). The SMILES string of the molecule is Cc1ccc(OC(C)C(=O)N2CCCC[C@H]2C(=O)O)cc1. The van der Waals surface area contributed by atoms with Gasteiger partial charge in [-0.2, -0.15) is 0 Å². The molecule has 1 heterocycles. The molecule has 1 aliphatic rings. The molecule has 114 valence electrons. The molecule has 0 aliphatic carbocycles. The van der Waals surface area contributed by atoms with Crippen molar-refractivity contribution in [2.24, 2.45) is 0 Å². The van der Waals surface area contributed by atoms with Gasteiger partial charge in [-0.15, -0.1) is 0 Å². The summed E-state index contributed by atoms with van der Waals surface area (Å²) < 4.78 is 5.63. The van der Waals surface area contributed by atoms with E-state index in [4.69, 9.17) is 4.74 Å². The van der Waals surface area contributed by atoms with Gasteiger partial charge in [0, 0.05) is 6.54 Å². The zero-order chi connectivity index (χ0) is 15.4. The van der Waals surface area contributed by atoms with E-state index in [1.165, 1.54) is 4.90 Å². The fourth-order valence-electron chi connectivity index (χ4n) is 2.56. The van der Waals surface area contributed by atoms with Crippen LogP contribution in [0.3, 0.4) is 0 Å².